The Kier molecular flexibility index (Phi) is 5.02. The fourth-order valence-corrected chi connectivity index (χ4v) is 3.91. The first-order chi connectivity index (χ1) is 13.6. The maximum Gasteiger partial charge on any atom is 0.282 e. The normalized spacial score (nSPS) is 11.1. The predicted molar refractivity (Wildman–Crippen MR) is 112 cm³/mol. The van der Waals surface area contributed by atoms with Crippen LogP contribution in [0.15, 0.2) is 53.5 Å². The Balaban J connectivity index is 1.71. The zero-order chi connectivity index (χ0) is 19.7. The van der Waals surface area contributed by atoms with Crippen LogP contribution in [-0.2, 0) is 0 Å². The first-order valence-corrected chi connectivity index (χ1v) is 9.90. The molecular formula is C20H16ClN3O3S. The second-order valence-corrected chi connectivity index (χ2v) is 7.58. The molecule has 0 radical (unpaired) electrons. The molecule has 2 aromatic carbocycles. The minimum Gasteiger partial charge on any atom is -0.494 e. The predicted octanol–water partition coefficient (Wildman–Crippen LogP) is 4.60. The van der Waals surface area contributed by atoms with E-state index in [1.54, 1.807) is 24.3 Å². The summed E-state index contributed by atoms with van der Waals surface area (Å²) in [5.74, 6) is 0.357. The fourth-order valence-electron chi connectivity index (χ4n) is 2.77. The largest absolute Gasteiger partial charge is 0.494 e. The Morgan fingerprint density at radius 1 is 1.25 bits per heavy atom. The molecule has 0 saturated heterocycles. The van der Waals surface area contributed by atoms with E-state index in [1.807, 2.05) is 25.1 Å². The van der Waals surface area contributed by atoms with Gasteiger partial charge in [0, 0.05) is 10.6 Å². The second kappa shape index (κ2) is 7.61. The van der Waals surface area contributed by atoms with Crippen LogP contribution in [-0.4, -0.2) is 21.9 Å². The number of hydrogen-bond acceptors (Lipinski definition) is 5. The summed E-state index contributed by atoms with van der Waals surface area (Å²) in [7, 11) is 0. The van der Waals surface area contributed by atoms with Gasteiger partial charge in [0.25, 0.3) is 11.5 Å². The van der Waals surface area contributed by atoms with Gasteiger partial charge in [0.2, 0.25) is 0 Å². The number of nitrogens with zero attached hydrogens (tertiary/aromatic N) is 2. The third-order valence-electron chi connectivity index (χ3n) is 4.13. The summed E-state index contributed by atoms with van der Waals surface area (Å²) >= 11 is 7.24. The summed E-state index contributed by atoms with van der Waals surface area (Å²) in [5.41, 5.74) is 0.912. The van der Waals surface area contributed by atoms with E-state index < -0.39 is 5.91 Å². The highest BCUT2D eigenvalue weighted by atomic mass is 35.5. The number of nitrogens with one attached hydrogen (secondary N) is 1. The summed E-state index contributed by atoms with van der Waals surface area (Å²) in [6, 6.07) is 12.0. The van der Waals surface area contributed by atoms with E-state index in [4.69, 9.17) is 16.3 Å². The van der Waals surface area contributed by atoms with Crippen molar-refractivity contribution < 1.29 is 9.53 Å². The molecule has 28 heavy (non-hydrogen) atoms. The average Bonchev–Trinajstić information content (AvgIpc) is 3.07. The van der Waals surface area contributed by atoms with Crippen molar-refractivity contribution >= 4 is 49.7 Å². The Labute approximate surface area is 169 Å². The molecule has 2 heterocycles. The standard InChI is InChI=1S/C20H16ClN3O3S/c1-2-9-27-14-7-8-16-17(10-14)28-20-22-11-15(19(26)24(16)20)23-18(25)12-3-5-13(21)6-4-12/h3-8,10-11H,2,9H2,1H3,(H,23,25). The van der Waals surface area contributed by atoms with Crippen LogP contribution in [0.25, 0.3) is 15.2 Å². The Bertz CT molecular complexity index is 1230. The monoisotopic (exact) mass is 413 g/mol. The number of hydrogen-bond donors (Lipinski definition) is 1. The van der Waals surface area contributed by atoms with E-state index in [0.717, 1.165) is 22.4 Å². The van der Waals surface area contributed by atoms with Crippen LogP contribution >= 0.6 is 22.9 Å². The van der Waals surface area contributed by atoms with E-state index in [0.29, 0.717) is 22.2 Å². The van der Waals surface area contributed by atoms with Crippen LogP contribution in [0.4, 0.5) is 5.69 Å². The van der Waals surface area contributed by atoms with Gasteiger partial charge in [-0.2, -0.15) is 0 Å². The Morgan fingerprint density at radius 3 is 2.79 bits per heavy atom. The van der Waals surface area contributed by atoms with Gasteiger partial charge < -0.3 is 10.1 Å². The van der Waals surface area contributed by atoms with Crippen molar-refractivity contribution in [1.29, 1.82) is 0 Å². The van der Waals surface area contributed by atoms with Crippen molar-refractivity contribution in [3.05, 3.63) is 69.6 Å². The van der Waals surface area contributed by atoms with Gasteiger partial charge in [-0.15, -0.1) is 0 Å². The van der Waals surface area contributed by atoms with Crippen LogP contribution in [0, 0.1) is 0 Å². The topological polar surface area (TPSA) is 72.7 Å². The lowest BCUT2D eigenvalue weighted by Gasteiger charge is -2.06. The number of thiazole rings is 1. The van der Waals surface area contributed by atoms with Crippen LogP contribution in [0.2, 0.25) is 5.02 Å². The molecule has 142 valence electrons. The molecule has 1 amide bonds. The lowest BCUT2D eigenvalue weighted by atomic mass is 10.2. The molecule has 0 aliphatic heterocycles. The number of anilines is 1. The van der Waals surface area contributed by atoms with Crippen molar-refractivity contribution in [2.75, 3.05) is 11.9 Å². The molecule has 4 rings (SSSR count). The summed E-state index contributed by atoms with van der Waals surface area (Å²) in [4.78, 5) is 30.3. The molecule has 0 bridgehead atoms. The van der Waals surface area contributed by atoms with Crippen molar-refractivity contribution in [2.45, 2.75) is 13.3 Å². The number of benzene rings is 2. The van der Waals surface area contributed by atoms with E-state index >= 15 is 0 Å². The molecule has 0 aliphatic rings. The third-order valence-corrected chi connectivity index (χ3v) is 5.40. The van der Waals surface area contributed by atoms with Gasteiger partial charge in [-0.05, 0) is 48.9 Å². The van der Waals surface area contributed by atoms with E-state index in [1.165, 1.54) is 21.9 Å². The number of ether oxygens (including phenoxy) is 1. The number of aromatic nitrogens is 2. The van der Waals surface area contributed by atoms with Gasteiger partial charge in [-0.1, -0.05) is 29.9 Å². The number of fused-ring (bicyclic) bond motifs is 3. The molecule has 4 aromatic rings. The van der Waals surface area contributed by atoms with E-state index in [9.17, 15) is 9.59 Å². The minimum absolute atomic E-state index is 0.114. The summed E-state index contributed by atoms with van der Waals surface area (Å²) in [6.07, 6.45) is 2.30. The molecule has 0 spiro atoms. The van der Waals surface area contributed by atoms with Crippen molar-refractivity contribution in [2.24, 2.45) is 0 Å². The maximum absolute atomic E-state index is 12.9. The smallest absolute Gasteiger partial charge is 0.282 e. The zero-order valence-electron chi connectivity index (χ0n) is 14.9. The van der Waals surface area contributed by atoms with Gasteiger partial charge in [-0.3, -0.25) is 9.59 Å². The molecular weight excluding hydrogens is 398 g/mol. The van der Waals surface area contributed by atoms with Gasteiger partial charge in [0.15, 0.2) is 4.96 Å². The van der Waals surface area contributed by atoms with Crippen LogP contribution < -0.4 is 15.6 Å². The van der Waals surface area contributed by atoms with Gasteiger partial charge in [-0.25, -0.2) is 9.38 Å². The quantitative estimate of drug-likeness (QED) is 0.518. The first-order valence-electron chi connectivity index (χ1n) is 8.71. The SMILES string of the molecule is CCCOc1ccc2c(c1)sc1ncc(NC(=O)c3ccc(Cl)cc3)c(=O)n12. The number of halogens is 1. The molecule has 0 saturated carbocycles. The van der Waals surface area contributed by atoms with Crippen molar-refractivity contribution in [3.63, 3.8) is 0 Å². The maximum atomic E-state index is 12.9. The fraction of sp³-hybridized carbons (Fsp3) is 0.150. The highest BCUT2D eigenvalue weighted by molar-refractivity contribution is 7.23. The van der Waals surface area contributed by atoms with E-state index in [2.05, 4.69) is 10.3 Å². The van der Waals surface area contributed by atoms with Crippen molar-refractivity contribution in [1.82, 2.24) is 9.38 Å². The zero-order valence-corrected chi connectivity index (χ0v) is 16.5. The third kappa shape index (κ3) is 3.46. The number of rotatable bonds is 5. The highest BCUT2D eigenvalue weighted by Gasteiger charge is 2.14. The van der Waals surface area contributed by atoms with Gasteiger partial charge in [0.05, 0.1) is 23.0 Å². The molecule has 0 atom stereocenters. The summed E-state index contributed by atoms with van der Waals surface area (Å²) < 4.78 is 8.05. The molecule has 1 N–H and O–H groups in total. The Morgan fingerprint density at radius 2 is 2.04 bits per heavy atom. The van der Waals surface area contributed by atoms with Gasteiger partial charge >= 0.3 is 0 Å². The molecule has 6 nitrogen and oxygen atoms in total. The summed E-state index contributed by atoms with van der Waals surface area (Å²) in [5, 5.41) is 3.17. The lowest BCUT2D eigenvalue weighted by Crippen LogP contribution is -2.22. The van der Waals surface area contributed by atoms with Crippen LogP contribution in [0.5, 0.6) is 5.75 Å². The number of carbonyl (C=O) groups is 1. The second-order valence-electron chi connectivity index (χ2n) is 6.14. The molecule has 0 unspecified atom stereocenters. The number of amides is 1. The van der Waals surface area contributed by atoms with Crippen molar-refractivity contribution in [3.8, 4) is 5.75 Å². The first kappa shape index (κ1) is 18.5. The lowest BCUT2D eigenvalue weighted by molar-refractivity contribution is 0.102. The minimum atomic E-state index is -0.398. The van der Waals surface area contributed by atoms with E-state index in [-0.39, 0.29) is 11.2 Å². The van der Waals surface area contributed by atoms with Crippen LogP contribution in [0.3, 0.4) is 0 Å². The highest BCUT2D eigenvalue weighted by Crippen LogP contribution is 2.28. The Hall–Kier alpha value is -2.90. The molecule has 0 fully saturated rings. The molecule has 0 aliphatic carbocycles. The summed E-state index contributed by atoms with van der Waals surface area (Å²) in [6.45, 7) is 2.68. The van der Waals surface area contributed by atoms with Crippen LogP contribution in [0.1, 0.15) is 23.7 Å². The van der Waals surface area contributed by atoms with Gasteiger partial charge in [0.1, 0.15) is 11.4 Å². The average molecular weight is 414 g/mol. The molecule has 2 aromatic heterocycles. The molecule has 8 heteroatoms. The number of carbonyl (C=O) groups excluding carboxylic acids is 1.